The van der Waals surface area contributed by atoms with Crippen LogP contribution in [0.2, 0.25) is 0 Å². The molecule has 0 bridgehead atoms. The van der Waals surface area contributed by atoms with E-state index in [1.807, 2.05) is 33.8 Å². The molecule has 1 atom stereocenters. The number of hydrogen-bond donors (Lipinski definition) is 1. The van der Waals surface area contributed by atoms with Crippen molar-refractivity contribution in [3.63, 3.8) is 0 Å². The van der Waals surface area contributed by atoms with Gasteiger partial charge in [0, 0.05) is 19.1 Å². The average Bonchev–Trinajstić information content (AvgIpc) is 3.08. The maximum Gasteiger partial charge on any atom is 0.309 e. The molecule has 11 heteroatoms. The van der Waals surface area contributed by atoms with Crippen LogP contribution in [0.1, 0.15) is 41.5 Å². The molecule has 1 aromatic carbocycles. The normalized spacial score (nSPS) is 21.6. The zero-order valence-electron chi connectivity index (χ0n) is 19.5. The van der Waals surface area contributed by atoms with Crippen molar-refractivity contribution in [2.75, 3.05) is 31.2 Å². The molecule has 184 valence electrons. The summed E-state index contributed by atoms with van der Waals surface area (Å²) in [5.74, 6) is -1.62. The lowest BCUT2D eigenvalue weighted by Gasteiger charge is -2.31. The number of rotatable bonds is 6. The molecule has 0 saturated carbocycles. The third kappa shape index (κ3) is 5.75. The molecule has 9 nitrogen and oxygen atoms in total. The van der Waals surface area contributed by atoms with Crippen molar-refractivity contribution < 1.29 is 31.2 Å². The molecule has 2 aliphatic rings. The number of sulfone groups is 1. The van der Waals surface area contributed by atoms with Crippen molar-refractivity contribution in [3.8, 4) is 0 Å². The summed E-state index contributed by atoms with van der Waals surface area (Å²) in [5, 5.41) is 2.57. The van der Waals surface area contributed by atoms with Crippen LogP contribution in [0, 0.1) is 33.6 Å². The summed E-state index contributed by atoms with van der Waals surface area (Å²) in [6.07, 6.45) is 0.973. The number of benzene rings is 1. The maximum atomic E-state index is 13.3. The van der Waals surface area contributed by atoms with Gasteiger partial charge in [-0.05, 0) is 69.2 Å². The Hall–Kier alpha value is -1.98. The quantitative estimate of drug-likeness (QED) is 0.581. The third-order valence-corrected chi connectivity index (χ3v) is 10.6. The Morgan fingerprint density at radius 2 is 1.64 bits per heavy atom. The second-order valence-corrected chi connectivity index (χ2v) is 13.1. The number of carbonyl (C=O) groups is 2. The van der Waals surface area contributed by atoms with Gasteiger partial charge in [0.15, 0.2) is 16.4 Å². The van der Waals surface area contributed by atoms with Gasteiger partial charge < -0.3 is 10.1 Å². The summed E-state index contributed by atoms with van der Waals surface area (Å²) in [6, 6.07) is 1.53. The minimum atomic E-state index is -3.70. The van der Waals surface area contributed by atoms with Gasteiger partial charge in [0.25, 0.3) is 5.91 Å². The maximum absolute atomic E-state index is 13.3. The van der Waals surface area contributed by atoms with Crippen molar-refractivity contribution in [2.45, 2.75) is 57.9 Å². The van der Waals surface area contributed by atoms with E-state index in [2.05, 4.69) is 5.32 Å². The standard InChI is InChI=1S/C22H32N2O7S2/c1-14-11-15(2)17(4)21(16(14)3)33(29,30)24-8-5-18(6-9-24)22(26)31-12-20(25)23-19-7-10-32(27,28)13-19/h11,18-19H,5-10,12-13H2,1-4H3,(H,23,25)/t19-/m1/s1. The van der Waals surface area contributed by atoms with Crippen LogP contribution in [0.5, 0.6) is 0 Å². The Kier molecular flexibility index (Phi) is 7.55. The second-order valence-electron chi connectivity index (χ2n) is 9.04. The molecule has 2 aliphatic heterocycles. The largest absolute Gasteiger partial charge is 0.455 e. The average molecular weight is 501 g/mol. The molecule has 2 fully saturated rings. The Labute approximate surface area is 195 Å². The van der Waals surface area contributed by atoms with Crippen molar-refractivity contribution in [1.82, 2.24) is 9.62 Å². The van der Waals surface area contributed by atoms with Crippen LogP contribution >= 0.6 is 0 Å². The Balaban J connectivity index is 1.54. The second kappa shape index (κ2) is 9.71. The molecule has 33 heavy (non-hydrogen) atoms. The van der Waals surface area contributed by atoms with Crippen molar-refractivity contribution in [1.29, 1.82) is 0 Å². The molecule has 2 heterocycles. The number of hydrogen-bond acceptors (Lipinski definition) is 7. The molecule has 2 saturated heterocycles. The molecule has 0 spiro atoms. The fraction of sp³-hybridized carbons (Fsp3) is 0.636. The van der Waals surface area contributed by atoms with Gasteiger partial charge in [0.05, 0.1) is 22.3 Å². The highest BCUT2D eigenvalue weighted by atomic mass is 32.2. The predicted octanol–water partition coefficient (Wildman–Crippen LogP) is 1.17. The van der Waals surface area contributed by atoms with Crippen molar-refractivity contribution in [3.05, 3.63) is 28.3 Å². The summed E-state index contributed by atoms with van der Waals surface area (Å²) in [5.41, 5.74) is 3.31. The van der Waals surface area contributed by atoms with Gasteiger partial charge in [-0.1, -0.05) is 6.07 Å². The first-order chi connectivity index (χ1) is 15.3. The van der Waals surface area contributed by atoms with Crippen LogP contribution in [-0.4, -0.2) is 70.3 Å². The van der Waals surface area contributed by atoms with Crippen LogP contribution in [0.3, 0.4) is 0 Å². The summed E-state index contributed by atoms with van der Waals surface area (Å²) in [7, 11) is -6.81. The van der Waals surface area contributed by atoms with Gasteiger partial charge in [-0.2, -0.15) is 4.31 Å². The lowest BCUT2D eigenvalue weighted by Crippen LogP contribution is -2.42. The molecule has 3 rings (SSSR count). The number of piperidine rings is 1. The predicted molar refractivity (Wildman–Crippen MR) is 123 cm³/mol. The van der Waals surface area contributed by atoms with Gasteiger partial charge >= 0.3 is 5.97 Å². The van der Waals surface area contributed by atoms with Gasteiger partial charge in [0.2, 0.25) is 10.0 Å². The van der Waals surface area contributed by atoms with Crippen LogP contribution in [0.25, 0.3) is 0 Å². The lowest BCUT2D eigenvalue weighted by atomic mass is 9.98. The van der Waals surface area contributed by atoms with E-state index in [9.17, 15) is 26.4 Å². The topological polar surface area (TPSA) is 127 Å². The first kappa shape index (κ1) is 25.6. The molecular formula is C22H32N2O7S2. The number of nitrogens with one attached hydrogen (secondary N) is 1. The smallest absolute Gasteiger partial charge is 0.309 e. The van der Waals surface area contributed by atoms with Gasteiger partial charge in [0.1, 0.15) is 0 Å². The van der Waals surface area contributed by atoms with E-state index in [4.69, 9.17) is 4.74 Å². The Morgan fingerprint density at radius 1 is 1.06 bits per heavy atom. The summed E-state index contributed by atoms with van der Waals surface area (Å²) < 4.78 is 56.2. The Morgan fingerprint density at radius 3 is 2.15 bits per heavy atom. The molecule has 1 aromatic rings. The Bertz CT molecular complexity index is 1130. The first-order valence-electron chi connectivity index (χ1n) is 11.1. The molecular weight excluding hydrogens is 468 g/mol. The van der Waals surface area contributed by atoms with Gasteiger partial charge in [-0.3, -0.25) is 9.59 Å². The zero-order chi connectivity index (χ0) is 24.6. The van der Waals surface area contributed by atoms with Crippen LogP contribution in [-0.2, 0) is 34.2 Å². The summed E-state index contributed by atoms with van der Waals surface area (Å²) >= 11 is 0. The molecule has 0 aliphatic carbocycles. The number of aryl methyl sites for hydroxylation is 2. The SMILES string of the molecule is Cc1cc(C)c(C)c(S(=O)(=O)N2CCC(C(=O)OCC(=O)N[C@@H]3CCS(=O)(=O)C3)CC2)c1C. The van der Waals surface area contributed by atoms with E-state index >= 15 is 0 Å². The van der Waals surface area contributed by atoms with Crippen LogP contribution < -0.4 is 5.32 Å². The number of amides is 1. The minimum absolute atomic E-state index is 0.0420. The van der Waals surface area contributed by atoms with E-state index in [0.717, 1.165) is 22.3 Å². The fourth-order valence-electron chi connectivity index (χ4n) is 4.46. The number of nitrogens with zero attached hydrogens (tertiary/aromatic N) is 1. The van der Waals surface area contributed by atoms with Gasteiger partial charge in [-0.25, -0.2) is 16.8 Å². The first-order valence-corrected chi connectivity index (χ1v) is 14.3. The highest BCUT2D eigenvalue weighted by Crippen LogP contribution is 2.31. The highest BCUT2D eigenvalue weighted by molar-refractivity contribution is 7.91. The van der Waals surface area contributed by atoms with E-state index in [1.165, 1.54) is 4.31 Å². The number of esters is 1. The van der Waals surface area contributed by atoms with E-state index < -0.39 is 50.3 Å². The van der Waals surface area contributed by atoms with E-state index in [1.54, 1.807) is 0 Å². The summed E-state index contributed by atoms with van der Waals surface area (Å²) in [4.78, 5) is 24.7. The van der Waals surface area contributed by atoms with Crippen molar-refractivity contribution in [2.24, 2.45) is 5.92 Å². The number of sulfonamides is 1. The summed E-state index contributed by atoms with van der Waals surface area (Å²) in [6.45, 7) is 7.32. The van der Waals surface area contributed by atoms with E-state index in [0.29, 0.717) is 24.2 Å². The third-order valence-electron chi connectivity index (χ3n) is 6.63. The van der Waals surface area contributed by atoms with Crippen LogP contribution in [0.4, 0.5) is 0 Å². The van der Waals surface area contributed by atoms with Gasteiger partial charge in [-0.15, -0.1) is 0 Å². The fourth-order valence-corrected chi connectivity index (χ4v) is 8.18. The number of ether oxygens (including phenoxy) is 1. The van der Waals surface area contributed by atoms with Crippen LogP contribution in [0.15, 0.2) is 11.0 Å². The highest BCUT2D eigenvalue weighted by Gasteiger charge is 2.35. The molecule has 1 N–H and O–H groups in total. The molecule has 1 amide bonds. The van der Waals surface area contributed by atoms with E-state index in [-0.39, 0.29) is 24.6 Å². The monoisotopic (exact) mass is 500 g/mol. The molecule has 0 aromatic heterocycles. The number of carbonyl (C=O) groups excluding carboxylic acids is 2. The van der Waals surface area contributed by atoms with Crippen molar-refractivity contribution >= 4 is 31.7 Å². The lowest BCUT2D eigenvalue weighted by molar-refractivity contribution is -0.153. The molecule has 0 radical (unpaired) electrons. The zero-order valence-corrected chi connectivity index (χ0v) is 21.1. The molecule has 0 unspecified atom stereocenters. The minimum Gasteiger partial charge on any atom is -0.455 e.